The van der Waals surface area contributed by atoms with E-state index in [2.05, 4.69) is 54.8 Å². The quantitative estimate of drug-likeness (QED) is 0.611. The minimum absolute atomic E-state index is 0.245. The first-order chi connectivity index (χ1) is 13.5. The molecule has 0 radical (unpaired) electrons. The van der Waals surface area contributed by atoms with Crippen LogP contribution in [0.1, 0.15) is 57.6 Å². The van der Waals surface area contributed by atoms with Crippen molar-refractivity contribution in [3.8, 4) is 0 Å². The van der Waals surface area contributed by atoms with Gasteiger partial charge in [-0.05, 0) is 66.6 Å². The van der Waals surface area contributed by atoms with Crippen LogP contribution in [-0.4, -0.2) is 55.7 Å². The van der Waals surface area contributed by atoms with E-state index in [-0.39, 0.29) is 5.41 Å². The number of ether oxygens (including phenoxy) is 1. The molecule has 0 unspecified atom stereocenters. The first-order valence-electron chi connectivity index (χ1n) is 11.6. The fraction of sp³-hybridized carbons (Fsp3) is 0.760. The van der Waals surface area contributed by atoms with E-state index in [0.717, 1.165) is 37.5 Å². The van der Waals surface area contributed by atoms with Crippen molar-refractivity contribution in [2.45, 2.75) is 58.4 Å². The standard InChI is InChI=1S/C25H40N2O/c1-25(2,3)21-10-8-20(9-11-21)16-27-17-22-23(18-27)24(22)19-28-15-7-14-26-12-5-4-6-13-26/h8-11,22-24H,4-7,12-19H2,1-3H3/t22-,23+,24+. The largest absolute Gasteiger partial charge is 0.381 e. The molecule has 3 heteroatoms. The lowest BCUT2D eigenvalue weighted by molar-refractivity contribution is 0.0967. The molecule has 2 heterocycles. The van der Waals surface area contributed by atoms with Gasteiger partial charge in [0.2, 0.25) is 0 Å². The normalized spacial score (nSPS) is 28.5. The molecule has 1 saturated carbocycles. The SMILES string of the molecule is CC(C)(C)c1ccc(CN2C[C@@H]3[C@@H](COCCCN4CCCCC4)[C@@H]3C2)cc1. The topological polar surface area (TPSA) is 15.7 Å². The second-order valence-corrected chi connectivity index (χ2v) is 10.5. The number of benzene rings is 1. The molecule has 0 amide bonds. The molecular formula is C25H40N2O. The summed E-state index contributed by atoms with van der Waals surface area (Å²) in [7, 11) is 0. The van der Waals surface area contributed by atoms with Crippen LogP contribution in [0.5, 0.6) is 0 Å². The first-order valence-corrected chi connectivity index (χ1v) is 11.6. The van der Waals surface area contributed by atoms with Crippen LogP contribution < -0.4 is 0 Å². The predicted molar refractivity (Wildman–Crippen MR) is 117 cm³/mol. The minimum atomic E-state index is 0.245. The van der Waals surface area contributed by atoms with Crippen molar-refractivity contribution in [3.05, 3.63) is 35.4 Å². The van der Waals surface area contributed by atoms with Crippen molar-refractivity contribution in [2.24, 2.45) is 17.8 Å². The van der Waals surface area contributed by atoms with Gasteiger partial charge in [0.15, 0.2) is 0 Å². The molecule has 0 spiro atoms. The molecule has 1 aliphatic carbocycles. The van der Waals surface area contributed by atoms with E-state index >= 15 is 0 Å². The molecule has 0 aromatic heterocycles. The van der Waals surface area contributed by atoms with E-state index in [1.165, 1.54) is 69.5 Å². The molecule has 0 N–H and O–H groups in total. The Balaban J connectivity index is 1.09. The molecule has 3 nitrogen and oxygen atoms in total. The maximum absolute atomic E-state index is 6.04. The highest BCUT2D eigenvalue weighted by molar-refractivity contribution is 5.27. The van der Waals surface area contributed by atoms with Gasteiger partial charge in [-0.3, -0.25) is 4.90 Å². The van der Waals surface area contributed by atoms with Gasteiger partial charge in [-0.1, -0.05) is 51.5 Å². The van der Waals surface area contributed by atoms with Crippen LogP contribution in [0.3, 0.4) is 0 Å². The van der Waals surface area contributed by atoms with Crippen LogP contribution in [0, 0.1) is 17.8 Å². The number of rotatable bonds is 8. The van der Waals surface area contributed by atoms with E-state index < -0.39 is 0 Å². The maximum atomic E-state index is 6.04. The van der Waals surface area contributed by atoms with Gasteiger partial charge < -0.3 is 9.64 Å². The van der Waals surface area contributed by atoms with Crippen LogP contribution >= 0.6 is 0 Å². The van der Waals surface area contributed by atoms with Crippen molar-refractivity contribution >= 4 is 0 Å². The third kappa shape index (κ3) is 5.17. The summed E-state index contributed by atoms with van der Waals surface area (Å²) in [6.45, 7) is 16.3. The first kappa shape index (κ1) is 20.4. The Hall–Kier alpha value is -0.900. The summed E-state index contributed by atoms with van der Waals surface area (Å²) in [5, 5.41) is 0. The summed E-state index contributed by atoms with van der Waals surface area (Å²) >= 11 is 0. The van der Waals surface area contributed by atoms with E-state index in [1.54, 1.807) is 0 Å². The molecule has 1 aromatic carbocycles. The lowest BCUT2D eigenvalue weighted by Crippen LogP contribution is -2.31. The highest BCUT2D eigenvalue weighted by Crippen LogP contribution is 2.52. The highest BCUT2D eigenvalue weighted by atomic mass is 16.5. The van der Waals surface area contributed by atoms with Gasteiger partial charge in [0.25, 0.3) is 0 Å². The van der Waals surface area contributed by atoms with Gasteiger partial charge in [0, 0.05) is 32.8 Å². The number of piperidine rings is 2. The van der Waals surface area contributed by atoms with E-state index in [9.17, 15) is 0 Å². The molecule has 3 fully saturated rings. The minimum Gasteiger partial charge on any atom is -0.381 e. The lowest BCUT2D eigenvalue weighted by atomic mass is 9.87. The van der Waals surface area contributed by atoms with Crippen molar-refractivity contribution < 1.29 is 4.74 Å². The Kier molecular flexibility index (Phi) is 6.44. The number of nitrogens with zero attached hydrogens (tertiary/aromatic N) is 2. The summed E-state index contributed by atoms with van der Waals surface area (Å²) in [6.07, 6.45) is 5.42. The van der Waals surface area contributed by atoms with Crippen LogP contribution in [-0.2, 0) is 16.7 Å². The Morgan fingerprint density at radius 1 is 0.929 bits per heavy atom. The molecule has 3 aliphatic rings. The summed E-state index contributed by atoms with van der Waals surface area (Å²) in [6, 6.07) is 9.28. The number of likely N-dealkylation sites (tertiary alicyclic amines) is 2. The average Bonchev–Trinajstić information content (AvgIpc) is 3.13. The molecule has 4 rings (SSSR count). The van der Waals surface area contributed by atoms with Crippen molar-refractivity contribution in [1.29, 1.82) is 0 Å². The van der Waals surface area contributed by atoms with Crippen molar-refractivity contribution in [1.82, 2.24) is 9.80 Å². The van der Waals surface area contributed by atoms with Gasteiger partial charge in [-0.15, -0.1) is 0 Å². The van der Waals surface area contributed by atoms with Gasteiger partial charge >= 0.3 is 0 Å². The Morgan fingerprint density at radius 3 is 2.25 bits per heavy atom. The predicted octanol–water partition coefficient (Wildman–Crippen LogP) is 4.55. The van der Waals surface area contributed by atoms with Crippen LogP contribution in [0.25, 0.3) is 0 Å². The number of fused-ring (bicyclic) bond motifs is 1. The molecule has 2 aliphatic heterocycles. The van der Waals surface area contributed by atoms with Gasteiger partial charge in [-0.2, -0.15) is 0 Å². The average molecular weight is 385 g/mol. The molecule has 3 atom stereocenters. The number of hydrogen-bond donors (Lipinski definition) is 0. The molecule has 156 valence electrons. The van der Waals surface area contributed by atoms with Crippen molar-refractivity contribution in [2.75, 3.05) is 45.9 Å². The summed E-state index contributed by atoms with van der Waals surface area (Å²) in [4.78, 5) is 5.26. The zero-order valence-corrected chi connectivity index (χ0v) is 18.3. The zero-order valence-electron chi connectivity index (χ0n) is 18.3. The molecule has 28 heavy (non-hydrogen) atoms. The van der Waals surface area contributed by atoms with E-state index in [0.29, 0.717) is 0 Å². The summed E-state index contributed by atoms with van der Waals surface area (Å²) in [5.74, 6) is 2.64. The smallest absolute Gasteiger partial charge is 0.0500 e. The van der Waals surface area contributed by atoms with E-state index in [4.69, 9.17) is 4.74 Å². The second-order valence-electron chi connectivity index (χ2n) is 10.5. The van der Waals surface area contributed by atoms with Crippen LogP contribution in [0.15, 0.2) is 24.3 Å². The summed E-state index contributed by atoms with van der Waals surface area (Å²) in [5.41, 5.74) is 3.13. The van der Waals surface area contributed by atoms with Crippen molar-refractivity contribution in [3.63, 3.8) is 0 Å². The Bertz CT molecular complexity index is 602. The lowest BCUT2D eigenvalue weighted by Gasteiger charge is -2.26. The van der Waals surface area contributed by atoms with Gasteiger partial charge in [-0.25, -0.2) is 0 Å². The Morgan fingerprint density at radius 2 is 1.61 bits per heavy atom. The maximum Gasteiger partial charge on any atom is 0.0500 e. The second kappa shape index (κ2) is 8.85. The molecular weight excluding hydrogens is 344 g/mol. The van der Waals surface area contributed by atoms with Gasteiger partial charge in [0.1, 0.15) is 0 Å². The molecule has 0 bridgehead atoms. The monoisotopic (exact) mass is 384 g/mol. The van der Waals surface area contributed by atoms with Gasteiger partial charge in [0.05, 0.1) is 6.61 Å². The fourth-order valence-electron chi connectivity index (χ4n) is 5.27. The zero-order chi connectivity index (χ0) is 19.6. The third-order valence-electron chi connectivity index (χ3n) is 7.20. The van der Waals surface area contributed by atoms with Crippen LogP contribution in [0.4, 0.5) is 0 Å². The molecule has 1 aromatic rings. The summed E-state index contributed by atoms with van der Waals surface area (Å²) < 4.78 is 6.04. The highest BCUT2D eigenvalue weighted by Gasteiger charge is 2.55. The molecule has 2 saturated heterocycles. The fourth-order valence-corrected chi connectivity index (χ4v) is 5.27. The Labute approximate surface area is 172 Å². The third-order valence-corrected chi connectivity index (χ3v) is 7.20. The number of hydrogen-bond acceptors (Lipinski definition) is 3. The van der Waals surface area contributed by atoms with E-state index in [1.807, 2.05) is 0 Å². The van der Waals surface area contributed by atoms with Crippen LogP contribution in [0.2, 0.25) is 0 Å².